The van der Waals surface area contributed by atoms with Crippen molar-refractivity contribution in [2.45, 2.75) is 13.8 Å². The monoisotopic (exact) mass is 387 g/mol. The largest absolute Gasteiger partial charge is 0.353 e. The maximum atomic E-state index is 12.7. The SMILES string of the molecule is Cc1ccc(NC(=O)N2CCN(c3cc(-c4ccccc4)ncn3)CC2)c(C)c1. The second kappa shape index (κ2) is 8.31. The average molecular weight is 387 g/mol. The second-order valence-corrected chi connectivity index (χ2v) is 7.35. The minimum Gasteiger partial charge on any atom is -0.353 e. The molecule has 1 N–H and O–H groups in total. The number of rotatable bonds is 3. The molecule has 3 aromatic rings. The third-order valence-electron chi connectivity index (χ3n) is 5.24. The van der Waals surface area contributed by atoms with Gasteiger partial charge in [0, 0.05) is 43.5 Å². The van der Waals surface area contributed by atoms with Crippen LogP contribution in [0, 0.1) is 13.8 Å². The van der Waals surface area contributed by atoms with Crippen molar-refractivity contribution in [3.8, 4) is 11.3 Å². The van der Waals surface area contributed by atoms with Crippen LogP contribution in [0.5, 0.6) is 0 Å². The number of anilines is 2. The Morgan fingerprint density at radius 3 is 2.41 bits per heavy atom. The molecule has 2 aromatic carbocycles. The normalized spacial score (nSPS) is 14.0. The molecule has 1 aliphatic rings. The maximum absolute atomic E-state index is 12.7. The van der Waals surface area contributed by atoms with Crippen LogP contribution in [-0.4, -0.2) is 47.1 Å². The van der Waals surface area contributed by atoms with Crippen molar-refractivity contribution < 1.29 is 4.79 Å². The summed E-state index contributed by atoms with van der Waals surface area (Å²) >= 11 is 0. The molecule has 1 aromatic heterocycles. The Labute approximate surface area is 171 Å². The molecular formula is C23H25N5O. The molecule has 1 aliphatic heterocycles. The molecule has 0 saturated carbocycles. The smallest absolute Gasteiger partial charge is 0.321 e. The molecule has 2 amide bonds. The minimum atomic E-state index is -0.0516. The van der Waals surface area contributed by atoms with Crippen molar-refractivity contribution in [2.75, 3.05) is 36.4 Å². The molecular weight excluding hydrogens is 362 g/mol. The van der Waals surface area contributed by atoms with Crippen molar-refractivity contribution in [2.24, 2.45) is 0 Å². The Hall–Kier alpha value is -3.41. The van der Waals surface area contributed by atoms with Gasteiger partial charge in [-0.15, -0.1) is 0 Å². The van der Waals surface area contributed by atoms with Crippen molar-refractivity contribution >= 4 is 17.5 Å². The summed E-state index contributed by atoms with van der Waals surface area (Å²) in [5, 5.41) is 3.04. The van der Waals surface area contributed by atoms with Crippen LogP contribution < -0.4 is 10.2 Å². The molecule has 6 nitrogen and oxygen atoms in total. The number of benzene rings is 2. The number of nitrogens with one attached hydrogen (secondary N) is 1. The van der Waals surface area contributed by atoms with E-state index in [2.05, 4.69) is 26.3 Å². The van der Waals surface area contributed by atoms with E-state index in [4.69, 9.17) is 0 Å². The summed E-state index contributed by atoms with van der Waals surface area (Å²) in [4.78, 5) is 25.6. The zero-order valence-electron chi connectivity index (χ0n) is 16.8. The second-order valence-electron chi connectivity index (χ2n) is 7.35. The van der Waals surface area contributed by atoms with Gasteiger partial charge in [0.05, 0.1) is 5.69 Å². The topological polar surface area (TPSA) is 61.4 Å². The average Bonchev–Trinajstić information content (AvgIpc) is 2.76. The summed E-state index contributed by atoms with van der Waals surface area (Å²) < 4.78 is 0. The van der Waals surface area contributed by atoms with Crippen LogP contribution in [-0.2, 0) is 0 Å². The van der Waals surface area contributed by atoms with E-state index in [0.29, 0.717) is 13.1 Å². The number of aryl methyl sites for hydroxylation is 2. The van der Waals surface area contributed by atoms with Gasteiger partial charge in [0.15, 0.2) is 0 Å². The first-order valence-corrected chi connectivity index (χ1v) is 9.86. The number of piperazine rings is 1. The lowest BCUT2D eigenvalue weighted by atomic mass is 10.1. The van der Waals surface area contributed by atoms with Crippen LogP contribution in [0.25, 0.3) is 11.3 Å². The van der Waals surface area contributed by atoms with E-state index in [1.807, 2.05) is 67.3 Å². The molecule has 6 heteroatoms. The summed E-state index contributed by atoms with van der Waals surface area (Å²) in [6.07, 6.45) is 1.61. The Morgan fingerprint density at radius 1 is 0.931 bits per heavy atom. The molecule has 1 saturated heterocycles. The van der Waals surface area contributed by atoms with Gasteiger partial charge in [-0.1, -0.05) is 48.0 Å². The van der Waals surface area contributed by atoms with Gasteiger partial charge in [-0.05, 0) is 25.5 Å². The highest BCUT2D eigenvalue weighted by Gasteiger charge is 2.22. The van der Waals surface area contributed by atoms with Crippen LogP contribution in [0.15, 0.2) is 60.9 Å². The maximum Gasteiger partial charge on any atom is 0.321 e. The van der Waals surface area contributed by atoms with E-state index in [1.165, 1.54) is 5.56 Å². The summed E-state index contributed by atoms with van der Waals surface area (Å²) in [7, 11) is 0. The third kappa shape index (κ3) is 4.37. The lowest BCUT2D eigenvalue weighted by Crippen LogP contribution is -2.50. The standard InChI is InChI=1S/C23H25N5O/c1-17-8-9-20(18(2)14-17)26-23(29)28-12-10-27(11-13-28)22-15-21(24-16-25-22)19-6-4-3-5-7-19/h3-9,14-16H,10-13H2,1-2H3,(H,26,29). The van der Waals surface area contributed by atoms with E-state index in [1.54, 1.807) is 6.33 Å². The van der Waals surface area contributed by atoms with Crippen molar-refractivity contribution in [1.82, 2.24) is 14.9 Å². The summed E-state index contributed by atoms with van der Waals surface area (Å²) in [5.41, 5.74) is 5.11. The quantitative estimate of drug-likeness (QED) is 0.735. The molecule has 148 valence electrons. The Bertz CT molecular complexity index is 997. The van der Waals surface area contributed by atoms with Crippen molar-refractivity contribution in [1.29, 1.82) is 0 Å². The Kier molecular flexibility index (Phi) is 5.42. The predicted molar refractivity (Wildman–Crippen MR) is 116 cm³/mol. The zero-order valence-corrected chi connectivity index (χ0v) is 16.8. The molecule has 1 fully saturated rings. The van der Waals surface area contributed by atoms with E-state index >= 15 is 0 Å². The number of carbonyl (C=O) groups is 1. The third-order valence-corrected chi connectivity index (χ3v) is 5.24. The van der Waals surface area contributed by atoms with E-state index in [0.717, 1.165) is 41.4 Å². The predicted octanol–water partition coefficient (Wildman–Crippen LogP) is 4.11. The number of nitrogens with zero attached hydrogens (tertiary/aromatic N) is 4. The number of urea groups is 1. The zero-order chi connectivity index (χ0) is 20.2. The molecule has 29 heavy (non-hydrogen) atoms. The molecule has 0 aliphatic carbocycles. The van der Waals surface area contributed by atoms with Gasteiger partial charge in [0.1, 0.15) is 12.1 Å². The van der Waals surface area contributed by atoms with Crippen LogP contribution in [0.2, 0.25) is 0 Å². The Morgan fingerprint density at radius 2 is 1.69 bits per heavy atom. The van der Waals surface area contributed by atoms with Gasteiger partial charge in [0.25, 0.3) is 0 Å². The molecule has 0 bridgehead atoms. The highest BCUT2D eigenvalue weighted by molar-refractivity contribution is 5.90. The van der Waals surface area contributed by atoms with Crippen LogP contribution in [0.1, 0.15) is 11.1 Å². The molecule has 2 heterocycles. The fourth-order valence-electron chi connectivity index (χ4n) is 3.57. The van der Waals surface area contributed by atoms with Crippen LogP contribution in [0.3, 0.4) is 0 Å². The van der Waals surface area contributed by atoms with Gasteiger partial charge >= 0.3 is 6.03 Å². The Balaban J connectivity index is 1.39. The number of aromatic nitrogens is 2. The summed E-state index contributed by atoms with van der Waals surface area (Å²) in [6, 6.07) is 18.1. The summed E-state index contributed by atoms with van der Waals surface area (Å²) in [5.74, 6) is 0.897. The van der Waals surface area contributed by atoms with E-state index in [-0.39, 0.29) is 6.03 Å². The van der Waals surface area contributed by atoms with E-state index in [9.17, 15) is 4.79 Å². The van der Waals surface area contributed by atoms with Gasteiger partial charge in [0.2, 0.25) is 0 Å². The highest BCUT2D eigenvalue weighted by atomic mass is 16.2. The van der Waals surface area contributed by atoms with Crippen molar-refractivity contribution in [3.05, 3.63) is 72.1 Å². The lowest BCUT2D eigenvalue weighted by molar-refractivity contribution is 0.208. The number of hydrogen-bond acceptors (Lipinski definition) is 4. The fraction of sp³-hybridized carbons (Fsp3) is 0.261. The molecule has 4 rings (SSSR count). The van der Waals surface area contributed by atoms with E-state index < -0.39 is 0 Å². The first kappa shape index (κ1) is 18.9. The highest BCUT2D eigenvalue weighted by Crippen LogP contribution is 2.22. The van der Waals surface area contributed by atoms with Gasteiger partial charge in [-0.25, -0.2) is 14.8 Å². The number of hydrogen-bond donors (Lipinski definition) is 1. The van der Waals surface area contributed by atoms with Crippen LogP contribution >= 0.6 is 0 Å². The lowest BCUT2D eigenvalue weighted by Gasteiger charge is -2.35. The number of carbonyl (C=O) groups excluding carboxylic acids is 1. The number of amides is 2. The van der Waals surface area contributed by atoms with Gasteiger partial charge in [-0.2, -0.15) is 0 Å². The van der Waals surface area contributed by atoms with Crippen molar-refractivity contribution in [3.63, 3.8) is 0 Å². The minimum absolute atomic E-state index is 0.0516. The van der Waals surface area contributed by atoms with Crippen LogP contribution in [0.4, 0.5) is 16.3 Å². The first-order valence-electron chi connectivity index (χ1n) is 9.86. The molecule has 0 radical (unpaired) electrons. The fourth-order valence-corrected chi connectivity index (χ4v) is 3.57. The molecule has 0 spiro atoms. The molecule has 0 atom stereocenters. The summed E-state index contributed by atoms with van der Waals surface area (Å²) in [6.45, 7) is 6.86. The van der Waals surface area contributed by atoms with Gasteiger partial charge in [-0.3, -0.25) is 0 Å². The molecule has 0 unspecified atom stereocenters. The van der Waals surface area contributed by atoms with Gasteiger partial charge < -0.3 is 15.1 Å². The first-order chi connectivity index (χ1) is 14.1.